The van der Waals surface area contributed by atoms with E-state index in [9.17, 15) is 14.3 Å². The zero-order chi connectivity index (χ0) is 12.3. The first kappa shape index (κ1) is 12.3. The van der Waals surface area contributed by atoms with Crippen molar-refractivity contribution in [3.8, 4) is 11.5 Å². The minimum atomic E-state index is -1.17. The van der Waals surface area contributed by atoms with E-state index in [0.29, 0.717) is 0 Å². The molecule has 5 nitrogen and oxygen atoms in total. The second kappa shape index (κ2) is 4.80. The Hall–Kier alpha value is -1.82. The van der Waals surface area contributed by atoms with Crippen LogP contribution < -0.4 is 5.73 Å². The van der Waals surface area contributed by atoms with E-state index in [4.69, 9.17) is 15.9 Å². The van der Waals surface area contributed by atoms with Crippen LogP contribution in [-0.2, 0) is 4.79 Å². The molecule has 1 rings (SSSR count). The number of carboxylic acids is 1. The van der Waals surface area contributed by atoms with E-state index in [1.165, 1.54) is 6.07 Å². The Morgan fingerprint density at radius 3 is 2.56 bits per heavy atom. The number of nitrogens with two attached hydrogens (primary N) is 1. The van der Waals surface area contributed by atoms with Crippen LogP contribution in [0, 0.1) is 5.82 Å². The molecule has 0 aliphatic rings. The molecule has 0 heterocycles. The van der Waals surface area contributed by atoms with Gasteiger partial charge in [-0.25, -0.2) is 0 Å². The number of benzene rings is 1. The molecule has 1 aromatic rings. The zero-order valence-corrected chi connectivity index (χ0v) is 8.35. The number of rotatable bonds is 4. The van der Waals surface area contributed by atoms with Crippen molar-refractivity contribution >= 4 is 5.97 Å². The molecule has 6 heteroatoms. The first-order valence-electron chi connectivity index (χ1n) is 4.59. The number of phenolic OH excluding ortho intramolecular Hbond substituents is 2. The zero-order valence-electron chi connectivity index (χ0n) is 8.35. The van der Waals surface area contributed by atoms with Gasteiger partial charge in [0.05, 0.1) is 6.42 Å². The van der Waals surface area contributed by atoms with Crippen LogP contribution in [0.2, 0.25) is 0 Å². The number of halogens is 1. The van der Waals surface area contributed by atoms with Gasteiger partial charge in [0.2, 0.25) is 5.82 Å². The van der Waals surface area contributed by atoms with Gasteiger partial charge in [-0.15, -0.1) is 0 Å². The number of hydrogen-bond donors (Lipinski definition) is 4. The molecular weight excluding hydrogens is 217 g/mol. The third-order valence-corrected chi connectivity index (χ3v) is 2.27. The van der Waals surface area contributed by atoms with E-state index in [-0.39, 0.29) is 18.5 Å². The Kier molecular flexibility index (Phi) is 3.68. The standard InChI is InChI=1S/C10H12FNO4/c11-9-7(13)2-1-6(10(9)16)5(4-12)3-8(14)15/h1-2,5,13,16H,3-4,12H2,(H,14,15). The Labute approximate surface area is 90.9 Å². The Balaban J connectivity index is 3.11. The Morgan fingerprint density at radius 1 is 1.44 bits per heavy atom. The molecule has 0 bridgehead atoms. The second-order valence-electron chi connectivity index (χ2n) is 3.37. The van der Waals surface area contributed by atoms with Crippen LogP contribution in [0.15, 0.2) is 12.1 Å². The summed E-state index contributed by atoms with van der Waals surface area (Å²) in [6.45, 7) is -0.0376. The maximum atomic E-state index is 13.1. The third kappa shape index (κ3) is 2.40. The largest absolute Gasteiger partial charge is 0.505 e. The fourth-order valence-electron chi connectivity index (χ4n) is 1.43. The van der Waals surface area contributed by atoms with Crippen LogP contribution in [0.4, 0.5) is 4.39 Å². The fourth-order valence-corrected chi connectivity index (χ4v) is 1.43. The molecule has 0 saturated carbocycles. The summed E-state index contributed by atoms with van der Waals surface area (Å²) in [5, 5.41) is 27.0. The molecular formula is C10H12FNO4. The van der Waals surface area contributed by atoms with Crippen molar-refractivity contribution in [1.82, 2.24) is 0 Å². The first-order valence-corrected chi connectivity index (χ1v) is 4.59. The smallest absolute Gasteiger partial charge is 0.304 e. The summed E-state index contributed by atoms with van der Waals surface area (Å²) < 4.78 is 13.1. The lowest BCUT2D eigenvalue weighted by atomic mass is 9.94. The molecule has 1 aromatic carbocycles. The number of carboxylic acid groups (broad SMARTS) is 1. The van der Waals surface area contributed by atoms with E-state index in [0.717, 1.165) is 6.07 Å². The number of aliphatic carboxylic acids is 1. The summed E-state index contributed by atoms with van der Waals surface area (Å²) in [4.78, 5) is 10.5. The van der Waals surface area contributed by atoms with Gasteiger partial charge in [0, 0.05) is 11.5 Å². The summed E-state index contributed by atoms with van der Waals surface area (Å²) in [6, 6.07) is 2.31. The maximum absolute atomic E-state index is 13.1. The minimum absolute atomic E-state index is 0.0376. The van der Waals surface area contributed by atoms with Gasteiger partial charge < -0.3 is 21.1 Å². The van der Waals surface area contributed by atoms with Gasteiger partial charge in [0.15, 0.2) is 11.5 Å². The summed E-state index contributed by atoms with van der Waals surface area (Å²) in [6.07, 6.45) is -0.311. The van der Waals surface area contributed by atoms with Gasteiger partial charge in [-0.1, -0.05) is 6.07 Å². The summed E-state index contributed by atoms with van der Waals surface area (Å²) >= 11 is 0. The highest BCUT2D eigenvalue weighted by atomic mass is 19.1. The van der Waals surface area contributed by atoms with Gasteiger partial charge >= 0.3 is 5.97 Å². The van der Waals surface area contributed by atoms with Crippen molar-refractivity contribution in [2.24, 2.45) is 5.73 Å². The highest BCUT2D eigenvalue weighted by Gasteiger charge is 2.21. The second-order valence-corrected chi connectivity index (χ2v) is 3.37. The number of hydrogen-bond acceptors (Lipinski definition) is 4. The predicted octanol–water partition coefficient (Wildman–Crippen LogP) is 0.754. The lowest BCUT2D eigenvalue weighted by Gasteiger charge is -2.15. The molecule has 88 valence electrons. The van der Waals surface area contributed by atoms with Crippen LogP contribution >= 0.6 is 0 Å². The highest BCUT2D eigenvalue weighted by molar-refractivity contribution is 5.68. The van der Waals surface area contributed by atoms with Crippen molar-refractivity contribution in [3.05, 3.63) is 23.5 Å². The average Bonchev–Trinajstić information content (AvgIpc) is 2.23. The molecule has 5 N–H and O–H groups in total. The van der Waals surface area contributed by atoms with E-state index in [2.05, 4.69) is 0 Å². The summed E-state index contributed by atoms with van der Waals surface area (Å²) in [5.41, 5.74) is 5.43. The summed E-state index contributed by atoms with van der Waals surface area (Å²) in [5.74, 6) is -4.39. The molecule has 0 saturated heterocycles. The molecule has 0 radical (unpaired) electrons. The Morgan fingerprint density at radius 2 is 2.06 bits per heavy atom. The summed E-state index contributed by atoms with van der Waals surface area (Å²) in [7, 11) is 0. The monoisotopic (exact) mass is 229 g/mol. The molecule has 0 spiro atoms. The van der Waals surface area contributed by atoms with Gasteiger partial charge in [0.1, 0.15) is 0 Å². The van der Waals surface area contributed by atoms with E-state index in [1.54, 1.807) is 0 Å². The van der Waals surface area contributed by atoms with Crippen LogP contribution in [0.25, 0.3) is 0 Å². The first-order chi connectivity index (χ1) is 7.47. The lowest BCUT2D eigenvalue weighted by Crippen LogP contribution is -2.16. The Bertz CT molecular complexity index is 408. The number of carbonyl (C=O) groups is 1. The topological polar surface area (TPSA) is 104 Å². The molecule has 0 amide bonds. The normalized spacial score (nSPS) is 12.4. The minimum Gasteiger partial charge on any atom is -0.505 e. The molecule has 1 atom stereocenters. The maximum Gasteiger partial charge on any atom is 0.304 e. The predicted molar refractivity (Wildman–Crippen MR) is 53.8 cm³/mol. The molecule has 16 heavy (non-hydrogen) atoms. The highest BCUT2D eigenvalue weighted by Crippen LogP contribution is 2.34. The van der Waals surface area contributed by atoms with Crippen LogP contribution in [0.5, 0.6) is 11.5 Å². The molecule has 0 aliphatic carbocycles. The van der Waals surface area contributed by atoms with E-state index in [1.807, 2.05) is 0 Å². The quantitative estimate of drug-likeness (QED) is 0.610. The average molecular weight is 229 g/mol. The van der Waals surface area contributed by atoms with Crippen molar-refractivity contribution < 1.29 is 24.5 Å². The van der Waals surface area contributed by atoms with E-state index >= 15 is 0 Å². The van der Waals surface area contributed by atoms with Crippen LogP contribution in [0.1, 0.15) is 17.9 Å². The fraction of sp³-hybridized carbons (Fsp3) is 0.300. The lowest BCUT2D eigenvalue weighted by molar-refractivity contribution is -0.137. The van der Waals surface area contributed by atoms with Crippen molar-refractivity contribution in [1.29, 1.82) is 0 Å². The molecule has 0 fully saturated rings. The van der Waals surface area contributed by atoms with Crippen molar-refractivity contribution in [2.75, 3.05) is 6.54 Å². The van der Waals surface area contributed by atoms with Crippen LogP contribution in [0.3, 0.4) is 0 Å². The third-order valence-electron chi connectivity index (χ3n) is 2.27. The van der Waals surface area contributed by atoms with Gasteiger partial charge in [-0.3, -0.25) is 4.79 Å². The number of phenols is 2. The SMILES string of the molecule is NCC(CC(=O)O)c1ccc(O)c(F)c1O. The van der Waals surface area contributed by atoms with Gasteiger partial charge in [-0.2, -0.15) is 4.39 Å². The molecule has 0 aromatic heterocycles. The molecule has 1 unspecified atom stereocenters. The van der Waals surface area contributed by atoms with Crippen molar-refractivity contribution in [2.45, 2.75) is 12.3 Å². The van der Waals surface area contributed by atoms with E-state index < -0.39 is 29.2 Å². The molecule has 0 aliphatic heterocycles. The van der Waals surface area contributed by atoms with Gasteiger partial charge in [0.25, 0.3) is 0 Å². The van der Waals surface area contributed by atoms with Gasteiger partial charge in [-0.05, 0) is 12.6 Å². The van der Waals surface area contributed by atoms with Crippen molar-refractivity contribution in [3.63, 3.8) is 0 Å². The number of aromatic hydroxyl groups is 2. The van der Waals surface area contributed by atoms with Crippen LogP contribution in [-0.4, -0.2) is 27.8 Å².